The van der Waals surface area contributed by atoms with Gasteiger partial charge in [-0.15, -0.1) is 0 Å². The van der Waals surface area contributed by atoms with Crippen molar-refractivity contribution in [3.63, 3.8) is 0 Å². The van der Waals surface area contributed by atoms with Crippen LogP contribution in [0.3, 0.4) is 0 Å². The summed E-state index contributed by atoms with van der Waals surface area (Å²) in [5.74, 6) is -3.60. The number of rotatable bonds is 14. The van der Waals surface area contributed by atoms with E-state index in [0.717, 1.165) is 10.5 Å². The van der Waals surface area contributed by atoms with Gasteiger partial charge in [-0.2, -0.15) is 0 Å². The van der Waals surface area contributed by atoms with E-state index >= 15 is 0 Å². The molecule has 2 aromatic carbocycles. The Morgan fingerprint density at radius 1 is 0.867 bits per heavy atom. The molecule has 0 aromatic heterocycles. The molecule has 11 heteroatoms. The summed E-state index contributed by atoms with van der Waals surface area (Å²) in [7, 11) is 0. The summed E-state index contributed by atoms with van der Waals surface area (Å²) in [6.07, 6.45) is -2.08. The molecular weight excluding hydrogens is 578 g/mol. The zero-order valence-electron chi connectivity index (χ0n) is 27.2. The topological polar surface area (TPSA) is 151 Å². The molecule has 246 valence electrons. The quantitative estimate of drug-likeness (QED) is 0.268. The van der Waals surface area contributed by atoms with Gasteiger partial charge in [0.25, 0.3) is 5.91 Å². The highest BCUT2D eigenvalue weighted by atomic mass is 16.6. The molecule has 0 saturated carbocycles. The van der Waals surface area contributed by atoms with Crippen LogP contribution in [0.25, 0.3) is 0 Å². The second kappa shape index (κ2) is 17.3. The number of carbonyl (C=O) groups excluding carboxylic acids is 5. The molecule has 0 saturated heterocycles. The molecule has 11 nitrogen and oxygen atoms in total. The first kappa shape index (κ1) is 36.9. The van der Waals surface area contributed by atoms with Crippen molar-refractivity contribution < 1.29 is 38.6 Å². The molecule has 0 spiro atoms. The lowest BCUT2D eigenvalue weighted by atomic mass is 9.95. The van der Waals surface area contributed by atoms with E-state index in [1.807, 2.05) is 25.1 Å². The maximum atomic E-state index is 14.3. The molecule has 0 unspecified atom stereocenters. The largest absolute Gasteiger partial charge is 0.459 e. The number of hydrogen-bond donors (Lipinski definition) is 3. The number of aliphatic hydroxyl groups is 1. The first-order valence-corrected chi connectivity index (χ1v) is 15.2. The fourth-order valence-corrected chi connectivity index (χ4v) is 4.43. The van der Waals surface area contributed by atoms with E-state index in [9.17, 15) is 29.1 Å². The third-order valence-corrected chi connectivity index (χ3v) is 6.95. The number of imide groups is 1. The minimum absolute atomic E-state index is 0.00225. The van der Waals surface area contributed by atoms with Gasteiger partial charge in [0.15, 0.2) is 0 Å². The van der Waals surface area contributed by atoms with Crippen LogP contribution in [0.2, 0.25) is 0 Å². The van der Waals surface area contributed by atoms with E-state index in [0.29, 0.717) is 12.0 Å². The zero-order valence-corrected chi connectivity index (χ0v) is 27.2. The molecular formula is C34H47N3O8. The van der Waals surface area contributed by atoms with Crippen molar-refractivity contribution in [3.05, 3.63) is 71.8 Å². The minimum Gasteiger partial charge on any atom is -0.459 e. The number of esters is 1. The average molecular weight is 626 g/mol. The van der Waals surface area contributed by atoms with Crippen LogP contribution in [0, 0.1) is 5.92 Å². The Labute approximate surface area is 265 Å². The molecule has 45 heavy (non-hydrogen) atoms. The maximum absolute atomic E-state index is 14.3. The van der Waals surface area contributed by atoms with Crippen molar-refractivity contribution in [3.8, 4) is 0 Å². The zero-order chi connectivity index (χ0) is 33.7. The fraction of sp³-hybridized carbons (Fsp3) is 0.500. The monoisotopic (exact) mass is 625 g/mol. The van der Waals surface area contributed by atoms with Crippen molar-refractivity contribution in [2.75, 3.05) is 0 Å². The molecule has 3 N–H and O–H groups in total. The SMILES string of the molecule is CC[C@H](C)[C@@H](NC(=O)OC(C)(C)C)C(=O)N(C(=O)C[C@@H](C)O)[C@@H](Cc1ccccc1)C(=O)N[C@@H](C)C(=O)OCc1ccccc1. The summed E-state index contributed by atoms with van der Waals surface area (Å²) in [6, 6.07) is 14.0. The summed E-state index contributed by atoms with van der Waals surface area (Å²) in [5, 5.41) is 15.3. The van der Waals surface area contributed by atoms with Crippen molar-refractivity contribution in [2.45, 2.75) is 104 Å². The molecule has 0 aliphatic heterocycles. The van der Waals surface area contributed by atoms with Crippen molar-refractivity contribution in [2.24, 2.45) is 5.92 Å². The molecule has 0 heterocycles. The summed E-state index contributed by atoms with van der Waals surface area (Å²) in [6.45, 7) is 11.4. The summed E-state index contributed by atoms with van der Waals surface area (Å²) >= 11 is 0. The number of nitrogens with one attached hydrogen (secondary N) is 2. The molecule has 4 amide bonds. The highest BCUT2D eigenvalue weighted by Crippen LogP contribution is 2.19. The second-order valence-corrected chi connectivity index (χ2v) is 12.2. The summed E-state index contributed by atoms with van der Waals surface area (Å²) in [4.78, 5) is 68.2. The normalized spacial score (nSPS) is 14.6. The predicted molar refractivity (Wildman–Crippen MR) is 169 cm³/mol. The van der Waals surface area contributed by atoms with E-state index < -0.39 is 72.0 Å². The highest BCUT2D eigenvalue weighted by molar-refractivity contribution is 6.04. The predicted octanol–water partition coefficient (Wildman–Crippen LogP) is 3.91. The van der Waals surface area contributed by atoms with E-state index in [2.05, 4.69) is 10.6 Å². The molecule has 5 atom stereocenters. The van der Waals surface area contributed by atoms with Crippen LogP contribution in [0.4, 0.5) is 4.79 Å². The Morgan fingerprint density at radius 2 is 1.42 bits per heavy atom. The molecule has 2 rings (SSSR count). The number of amides is 4. The van der Waals surface area contributed by atoms with Crippen molar-refractivity contribution in [1.29, 1.82) is 0 Å². The standard InChI is InChI=1S/C34H47N3O8/c1-8-22(2)29(36-33(43)45-34(5,6)7)31(41)37(28(39)19-23(3)38)27(20-25-15-11-9-12-16-25)30(40)35-24(4)32(42)44-21-26-17-13-10-14-18-26/h9-18,22-24,27,29,38H,8,19-21H2,1-7H3,(H,35,40)(H,36,43)/t22-,23+,24-,27-,29+/m0/s1. The van der Waals surface area contributed by atoms with Gasteiger partial charge in [-0.05, 0) is 51.7 Å². The second-order valence-electron chi connectivity index (χ2n) is 12.2. The van der Waals surface area contributed by atoms with Crippen molar-refractivity contribution in [1.82, 2.24) is 15.5 Å². The Balaban J connectivity index is 2.46. The average Bonchev–Trinajstić information content (AvgIpc) is 2.97. The van der Waals surface area contributed by atoms with Crippen LogP contribution in [-0.4, -0.2) is 69.6 Å². The Kier molecular flexibility index (Phi) is 14.2. The van der Waals surface area contributed by atoms with Gasteiger partial charge in [-0.3, -0.25) is 19.3 Å². The number of carbonyl (C=O) groups is 5. The van der Waals surface area contributed by atoms with Gasteiger partial charge in [0.2, 0.25) is 11.8 Å². The van der Waals surface area contributed by atoms with Gasteiger partial charge >= 0.3 is 12.1 Å². The van der Waals surface area contributed by atoms with Gasteiger partial charge < -0.3 is 25.2 Å². The van der Waals surface area contributed by atoms with Crippen LogP contribution < -0.4 is 10.6 Å². The molecule has 2 aromatic rings. The van der Waals surface area contributed by atoms with Crippen LogP contribution in [0.5, 0.6) is 0 Å². The number of benzene rings is 2. The highest BCUT2D eigenvalue weighted by Gasteiger charge is 2.41. The molecule has 0 aliphatic carbocycles. The van der Waals surface area contributed by atoms with Crippen LogP contribution in [-0.2, 0) is 41.7 Å². The summed E-state index contributed by atoms with van der Waals surface area (Å²) < 4.78 is 10.7. The van der Waals surface area contributed by atoms with Crippen LogP contribution >= 0.6 is 0 Å². The number of ether oxygens (including phenoxy) is 2. The third kappa shape index (κ3) is 12.3. The number of nitrogens with zero attached hydrogens (tertiary/aromatic N) is 1. The van der Waals surface area contributed by atoms with Gasteiger partial charge in [-0.1, -0.05) is 80.9 Å². The van der Waals surface area contributed by atoms with Gasteiger partial charge in [0.05, 0.1) is 12.5 Å². The lowest BCUT2D eigenvalue weighted by Gasteiger charge is -2.35. The first-order chi connectivity index (χ1) is 21.1. The maximum Gasteiger partial charge on any atom is 0.408 e. The minimum atomic E-state index is -1.43. The van der Waals surface area contributed by atoms with E-state index in [4.69, 9.17) is 9.47 Å². The Hall–Kier alpha value is -4.25. The van der Waals surface area contributed by atoms with Crippen molar-refractivity contribution >= 4 is 29.8 Å². The van der Waals surface area contributed by atoms with E-state index in [1.54, 1.807) is 70.2 Å². The lowest BCUT2D eigenvalue weighted by molar-refractivity contribution is -0.155. The number of aliphatic hydroxyl groups excluding tert-OH is 1. The fourth-order valence-electron chi connectivity index (χ4n) is 4.43. The first-order valence-electron chi connectivity index (χ1n) is 15.2. The molecule has 0 fully saturated rings. The Bertz CT molecular complexity index is 1280. The van der Waals surface area contributed by atoms with E-state index in [-0.39, 0.29) is 13.0 Å². The van der Waals surface area contributed by atoms with Gasteiger partial charge in [0.1, 0.15) is 30.3 Å². The lowest BCUT2D eigenvalue weighted by Crippen LogP contribution is -2.61. The van der Waals surface area contributed by atoms with E-state index in [1.165, 1.54) is 13.8 Å². The Morgan fingerprint density at radius 3 is 1.93 bits per heavy atom. The molecule has 0 radical (unpaired) electrons. The smallest absolute Gasteiger partial charge is 0.408 e. The summed E-state index contributed by atoms with van der Waals surface area (Å²) in [5.41, 5.74) is 0.552. The number of hydrogen-bond acceptors (Lipinski definition) is 8. The van der Waals surface area contributed by atoms with Crippen LogP contribution in [0.1, 0.15) is 72.4 Å². The van der Waals surface area contributed by atoms with Gasteiger partial charge in [-0.25, -0.2) is 9.59 Å². The third-order valence-electron chi connectivity index (χ3n) is 6.95. The number of alkyl carbamates (subject to hydrolysis) is 1. The molecule has 0 bridgehead atoms. The molecule has 0 aliphatic rings. The van der Waals surface area contributed by atoms with Gasteiger partial charge in [0, 0.05) is 6.42 Å². The van der Waals surface area contributed by atoms with Crippen LogP contribution in [0.15, 0.2) is 60.7 Å².